The molecule has 0 aromatic heterocycles. The Morgan fingerprint density at radius 2 is 2.00 bits per heavy atom. The minimum Gasteiger partial charge on any atom is -0.390 e. The van der Waals surface area contributed by atoms with Crippen LogP contribution >= 0.6 is 0 Å². The van der Waals surface area contributed by atoms with Crippen molar-refractivity contribution in [3.63, 3.8) is 0 Å². The molecule has 0 bridgehead atoms. The van der Waals surface area contributed by atoms with Gasteiger partial charge in [0.05, 0.1) is 6.10 Å². The quantitative estimate of drug-likeness (QED) is 0.667. The molecule has 6 heteroatoms. The molecule has 0 spiro atoms. The number of aliphatic hydroxyl groups is 3. The topological polar surface area (TPSA) is 94.8 Å². The maximum atomic E-state index is 16.9. The third kappa shape index (κ3) is 2.01. The Kier molecular flexibility index (Phi) is 4.15. The third-order valence-electron chi connectivity index (χ3n) is 8.79. The zero-order valence-corrected chi connectivity index (χ0v) is 16.6. The zero-order valence-electron chi connectivity index (χ0n) is 16.6. The highest BCUT2D eigenvalue weighted by Gasteiger charge is 2.75. The number of carbonyl (C=O) groups is 2. The van der Waals surface area contributed by atoms with Crippen molar-refractivity contribution < 1.29 is 29.3 Å². The number of aliphatic hydroxyl groups excluding tert-OH is 2. The predicted octanol–water partition coefficient (Wildman–Crippen LogP) is 1.90. The Balaban J connectivity index is 1.84. The van der Waals surface area contributed by atoms with Crippen LogP contribution in [0.3, 0.4) is 0 Å². The minimum absolute atomic E-state index is 0.0676. The van der Waals surface area contributed by atoms with Crippen LogP contribution in [0.2, 0.25) is 0 Å². The van der Waals surface area contributed by atoms with Gasteiger partial charge < -0.3 is 15.3 Å². The summed E-state index contributed by atoms with van der Waals surface area (Å²) in [6.45, 7) is 4.48. The highest BCUT2D eigenvalue weighted by atomic mass is 19.1. The molecular formula is C22H29FO5. The van der Waals surface area contributed by atoms with E-state index in [2.05, 4.69) is 0 Å². The molecule has 3 N–H and O–H groups in total. The van der Waals surface area contributed by atoms with Crippen LogP contribution in [-0.4, -0.2) is 50.9 Å². The molecule has 8 atom stereocenters. The third-order valence-corrected chi connectivity index (χ3v) is 8.79. The number of hydrogen-bond acceptors (Lipinski definition) is 5. The Hall–Kier alpha value is -1.37. The van der Waals surface area contributed by atoms with Gasteiger partial charge in [-0.1, -0.05) is 25.5 Å². The number of alkyl halides is 1. The first-order chi connectivity index (χ1) is 13.0. The van der Waals surface area contributed by atoms with E-state index in [0.717, 1.165) is 0 Å². The molecule has 154 valence electrons. The highest BCUT2D eigenvalue weighted by molar-refractivity contribution is 6.01. The maximum absolute atomic E-state index is 16.9. The van der Waals surface area contributed by atoms with E-state index in [9.17, 15) is 24.9 Å². The van der Waals surface area contributed by atoms with Crippen molar-refractivity contribution in [3.05, 3.63) is 23.8 Å². The van der Waals surface area contributed by atoms with Crippen molar-refractivity contribution in [3.8, 4) is 0 Å². The molecule has 0 aliphatic heterocycles. The van der Waals surface area contributed by atoms with Gasteiger partial charge in [-0.05, 0) is 56.6 Å². The van der Waals surface area contributed by atoms with Crippen LogP contribution in [0.4, 0.5) is 4.39 Å². The summed E-state index contributed by atoms with van der Waals surface area (Å²) < 4.78 is 16.9. The van der Waals surface area contributed by atoms with Crippen LogP contribution in [0.5, 0.6) is 0 Å². The highest BCUT2D eigenvalue weighted by Crippen LogP contribution is 2.70. The molecule has 3 fully saturated rings. The van der Waals surface area contributed by atoms with Crippen molar-refractivity contribution in [1.29, 1.82) is 0 Å². The van der Waals surface area contributed by atoms with E-state index in [1.807, 2.05) is 0 Å². The predicted molar refractivity (Wildman–Crippen MR) is 99.9 cm³/mol. The number of hydrogen-bond donors (Lipinski definition) is 3. The molecule has 0 aromatic rings. The first-order valence-electron chi connectivity index (χ1n) is 10.1. The lowest BCUT2D eigenvalue weighted by Gasteiger charge is -2.62. The number of Topliss-reactive ketones (excluding diaryl/α,β-unsaturated/α-hetero) is 1. The average Bonchev–Trinajstić information content (AvgIpc) is 2.84. The fraction of sp³-hybridized carbons (Fsp3) is 0.727. The second-order valence-electron chi connectivity index (χ2n) is 9.75. The van der Waals surface area contributed by atoms with Gasteiger partial charge in [-0.25, -0.2) is 4.39 Å². The summed E-state index contributed by atoms with van der Waals surface area (Å²) in [5.74, 6) is -2.12. The number of halogens is 1. The maximum Gasteiger partial charge on any atom is 0.190 e. The summed E-state index contributed by atoms with van der Waals surface area (Å²) in [5, 5.41) is 32.0. The van der Waals surface area contributed by atoms with Crippen LogP contribution in [0, 0.1) is 28.6 Å². The number of allylic oxidation sites excluding steroid dienone is 4. The lowest BCUT2D eigenvalue weighted by Crippen LogP contribution is -2.69. The molecule has 0 heterocycles. The minimum atomic E-state index is -1.98. The van der Waals surface area contributed by atoms with E-state index in [1.54, 1.807) is 26.8 Å². The van der Waals surface area contributed by atoms with Crippen molar-refractivity contribution in [1.82, 2.24) is 0 Å². The molecule has 4 aliphatic rings. The van der Waals surface area contributed by atoms with Gasteiger partial charge in [0, 0.05) is 16.7 Å². The van der Waals surface area contributed by atoms with Crippen LogP contribution in [0.25, 0.3) is 0 Å². The lowest BCUT2D eigenvalue weighted by molar-refractivity contribution is -0.219. The van der Waals surface area contributed by atoms with Crippen LogP contribution in [0.1, 0.15) is 46.5 Å². The van der Waals surface area contributed by atoms with Gasteiger partial charge in [0.15, 0.2) is 17.2 Å². The number of rotatable bonds is 2. The summed E-state index contributed by atoms with van der Waals surface area (Å²) in [6.07, 6.45) is 4.44. The van der Waals surface area contributed by atoms with Gasteiger partial charge in [-0.15, -0.1) is 0 Å². The van der Waals surface area contributed by atoms with Gasteiger partial charge >= 0.3 is 0 Å². The Morgan fingerprint density at radius 1 is 1.32 bits per heavy atom. The first-order valence-corrected chi connectivity index (χ1v) is 10.1. The zero-order chi connectivity index (χ0) is 20.7. The van der Waals surface area contributed by atoms with Gasteiger partial charge in [0.1, 0.15) is 12.2 Å². The molecule has 5 nitrogen and oxygen atoms in total. The number of fused-ring (bicyclic) bond motifs is 5. The molecule has 0 amide bonds. The molecule has 28 heavy (non-hydrogen) atoms. The van der Waals surface area contributed by atoms with Crippen molar-refractivity contribution in [2.24, 2.45) is 28.6 Å². The molecule has 0 aromatic carbocycles. The summed E-state index contributed by atoms with van der Waals surface area (Å²) in [6, 6.07) is 0. The van der Waals surface area contributed by atoms with Crippen LogP contribution in [-0.2, 0) is 9.59 Å². The van der Waals surface area contributed by atoms with Gasteiger partial charge in [0.25, 0.3) is 0 Å². The first kappa shape index (κ1) is 19.9. The standard InChI is InChI=1S/C22H29FO5/c1-12-8-16-15-5-4-13-9-14(25)6-7-19(13,2)21(15,23)17(26)10-20(16,3)22(12,28)18(27)11-24/h6-7,9,12,15-17,24,26,28H,4-5,8,10-11H2,1-3H3/t12?,15-,16+,17?,19-,20-,21-,22-/m0/s1. The Labute approximate surface area is 164 Å². The van der Waals surface area contributed by atoms with E-state index in [0.29, 0.717) is 24.8 Å². The second kappa shape index (κ2) is 5.83. The summed E-state index contributed by atoms with van der Waals surface area (Å²) in [4.78, 5) is 24.4. The van der Waals surface area contributed by atoms with Crippen LogP contribution < -0.4 is 0 Å². The fourth-order valence-electron chi connectivity index (χ4n) is 7.26. The monoisotopic (exact) mass is 392 g/mol. The van der Waals surface area contributed by atoms with Crippen molar-refractivity contribution in [2.45, 2.75) is 63.8 Å². The molecule has 4 rings (SSSR count). The Bertz CT molecular complexity index is 805. The Morgan fingerprint density at radius 3 is 2.64 bits per heavy atom. The molecule has 0 radical (unpaired) electrons. The molecule has 3 saturated carbocycles. The lowest BCUT2D eigenvalue weighted by atomic mass is 9.44. The molecule has 0 saturated heterocycles. The average molecular weight is 392 g/mol. The van der Waals surface area contributed by atoms with E-state index in [1.165, 1.54) is 12.2 Å². The largest absolute Gasteiger partial charge is 0.390 e. The van der Waals surface area contributed by atoms with Crippen molar-refractivity contribution >= 4 is 11.6 Å². The molecule has 2 unspecified atom stereocenters. The summed E-state index contributed by atoms with van der Waals surface area (Å²) >= 11 is 0. The van der Waals surface area contributed by atoms with E-state index in [-0.39, 0.29) is 18.1 Å². The number of ketones is 2. The van der Waals surface area contributed by atoms with Gasteiger partial charge in [0.2, 0.25) is 0 Å². The molecular weight excluding hydrogens is 363 g/mol. The van der Waals surface area contributed by atoms with Crippen molar-refractivity contribution in [2.75, 3.05) is 6.61 Å². The smallest absolute Gasteiger partial charge is 0.190 e. The molecule has 4 aliphatic carbocycles. The van der Waals surface area contributed by atoms with Gasteiger partial charge in [-0.3, -0.25) is 9.59 Å². The second-order valence-corrected chi connectivity index (χ2v) is 9.75. The van der Waals surface area contributed by atoms with Gasteiger partial charge in [-0.2, -0.15) is 0 Å². The van der Waals surface area contributed by atoms with E-state index >= 15 is 4.39 Å². The SMILES string of the molecule is CC1C[C@@H]2[C@@H]3CCC4=CC(=O)C=C[C@]4(C)[C@@]3(F)C(O)C[C@]2(C)[C@@]1(O)C(=O)CO. The summed E-state index contributed by atoms with van der Waals surface area (Å²) in [7, 11) is 0. The van der Waals surface area contributed by atoms with Crippen LogP contribution in [0.15, 0.2) is 23.8 Å². The normalized spacial score (nSPS) is 52.5. The van der Waals surface area contributed by atoms with E-state index in [4.69, 9.17) is 0 Å². The fourth-order valence-corrected chi connectivity index (χ4v) is 7.26. The van der Waals surface area contributed by atoms with E-state index < -0.39 is 52.4 Å². The summed E-state index contributed by atoms with van der Waals surface area (Å²) in [5.41, 5.74) is -5.17. The number of carbonyl (C=O) groups excluding carboxylic acids is 2.